The smallest absolute Gasteiger partial charge is 0.272 e. The first kappa shape index (κ1) is 19.0. The number of carbonyl (C=O) groups is 1. The van der Waals surface area contributed by atoms with Crippen molar-refractivity contribution < 1.29 is 4.79 Å². The highest BCUT2D eigenvalue weighted by molar-refractivity contribution is 7.97. The van der Waals surface area contributed by atoms with Gasteiger partial charge in [0, 0.05) is 23.0 Å². The molecule has 1 unspecified atom stereocenters. The number of hydrogen-bond donors (Lipinski definition) is 2. The molecule has 1 aromatic heterocycles. The van der Waals surface area contributed by atoms with E-state index >= 15 is 0 Å². The standard InChI is InChI=1S/C19H18N4OS.C2H6/c24-19(17-12-14-4-1-2-7-18(14)25-22-17)21-15-5-3-6-16(9-8-15)23-11-10-20-13-23;1-2/h1-2,4-5,7-13,16,22H,3,6H2,(H,21,24);1-2H3. The molecule has 2 heterocycles. The Kier molecular flexibility index (Phi) is 6.54. The van der Waals surface area contributed by atoms with E-state index in [1.165, 1.54) is 11.9 Å². The van der Waals surface area contributed by atoms with E-state index in [0.29, 0.717) is 5.70 Å². The first-order chi connectivity index (χ1) is 13.3. The number of nitrogens with one attached hydrogen (secondary N) is 2. The van der Waals surface area contributed by atoms with Crippen LogP contribution in [0.3, 0.4) is 0 Å². The van der Waals surface area contributed by atoms with E-state index in [1.54, 1.807) is 6.20 Å². The molecule has 1 aromatic carbocycles. The maximum atomic E-state index is 12.6. The van der Waals surface area contributed by atoms with E-state index in [2.05, 4.69) is 31.7 Å². The van der Waals surface area contributed by atoms with Gasteiger partial charge in [-0.25, -0.2) is 4.98 Å². The van der Waals surface area contributed by atoms with E-state index < -0.39 is 0 Å². The summed E-state index contributed by atoms with van der Waals surface area (Å²) in [5.41, 5.74) is 2.45. The highest BCUT2D eigenvalue weighted by Gasteiger charge is 2.17. The molecule has 6 heteroatoms. The van der Waals surface area contributed by atoms with Gasteiger partial charge in [0.2, 0.25) is 0 Å². The second-order valence-electron chi connectivity index (χ2n) is 5.93. The molecule has 2 N–H and O–H groups in total. The lowest BCUT2D eigenvalue weighted by Crippen LogP contribution is -2.29. The number of amides is 1. The van der Waals surface area contributed by atoms with Crippen LogP contribution in [0, 0.1) is 0 Å². The van der Waals surface area contributed by atoms with Crippen molar-refractivity contribution >= 4 is 23.9 Å². The van der Waals surface area contributed by atoms with Crippen LogP contribution in [-0.2, 0) is 4.79 Å². The number of rotatable bonds is 3. The normalized spacial score (nSPS) is 17.9. The van der Waals surface area contributed by atoms with Crippen molar-refractivity contribution in [2.45, 2.75) is 37.6 Å². The molecule has 1 amide bonds. The minimum Gasteiger partial charge on any atom is -0.331 e. The molecular formula is C21H24N4OS. The van der Waals surface area contributed by atoms with Gasteiger partial charge < -0.3 is 14.6 Å². The van der Waals surface area contributed by atoms with Crippen LogP contribution in [0.25, 0.3) is 6.08 Å². The zero-order valence-electron chi connectivity index (χ0n) is 15.6. The Morgan fingerprint density at radius 3 is 3.00 bits per heavy atom. The quantitative estimate of drug-likeness (QED) is 0.772. The lowest BCUT2D eigenvalue weighted by molar-refractivity contribution is -0.116. The molecule has 0 spiro atoms. The molecule has 5 nitrogen and oxygen atoms in total. The summed E-state index contributed by atoms with van der Waals surface area (Å²) in [5, 5.41) is 2.99. The summed E-state index contributed by atoms with van der Waals surface area (Å²) < 4.78 is 5.19. The van der Waals surface area contributed by atoms with Crippen molar-refractivity contribution in [3.8, 4) is 0 Å². The zero-order chi connectivity index (χ0) is 19.1. The predicted octanol–water partition coefficient (Wildman–Crippen LogP) is 4.45. The molecule has 27 heavy (non-hydrogen) atoms. The van der Waals surface area contributed by atoms with Crippen molar-refractivity contribution in [2.75, 3.05) is 0 Å². The summed E-state index contributed by atoms with van der Waals surface area (Å²) >= 11 is 1.46. The second kappa shape index (κ2) is 9.28. The van der Waals surface area contributed by atoms with Crippen molar-refractivity contribution in [3.63, 3.8) is 0 Å². The third-order valence-electron chi connectivity index (χ3n) is 4.22. The minimum absolute atomic E-state index is 0.126. The van der Waals surface area contributed by atoms with Crippen LogP contribution in [0.1, 0.15) is 38.3 Å². The summed E-state index contributed by atoms with van der Waals surface area (Å²) in [7, 11) is 0. The van der Waals surface area contributed by atoms with Crippen molar-refractivity contribution in [1.29, 1.82) is 0 Å². The summed E-state index contributed by atoms with van der Waals surface area (Å²) in [4.78, 5) is 17.8. The third kappa shape index (κ3) is 4.71. The van der Waals surface area contributed by atoms with Gasteiger partial charge in [0.05, 0.1) is 12.4 Å². The number of fused-ring (bicyclic) bond motifs is 1. The Morgan fingerprint density at radius 1 is 1.33 bits per heavy atom. The highest BCUT2D eigenvalue weighted by atomic mass is 32.2. The molecule has 0 bridgehead atoms. The van der Waals surface area contributed by atoms with Gasteiger partial charge in [-0.1, -0.05) is 44.2 Å². The maximum absolute atomic E-state index is 12.6. The Morgan fingerprint density at radius 2 is 2.19 bits per heavy atom. The van der Waals surface area contributed by atoms with Gasteiger partial charge in [-0.2, -0.15) is 0 Å². The summed E-state index contributed by atoms with van der Waals surface area (Å²) in [6.07, 6.45) is 15.5. The van der Waals surface area contributed by atoms with Crippen LogP contribution < -0.4 is 10.0 Å². The molecule has 0 saturated heterocycles. The lowest BCUT2D eigenvalue weighted by Gasteiger charge is -2.17. The number of hydrogen-bond acceptors (Lipinski definition) is 4. The van der Waals surface area contributed by atoms with Gasteiger partial charge in [-0.3, -0.25) is 4.79 Å². The van der Waals surface area contributed by atoms with Crippen LogP contribution in [0.5, 0.6) is 0 Å². The summed E-state index contributed by atoms with van der Waals surface area (Å²) in [6, 6.07) is 8.28. The fourth-order valence-corrected chi connectivity index (χ4v) is 3.66. The number of benzene rings is 1. The largest absolute Gasteiger partial charge is 0.331 e. The van der Waals surface area contributed by atoms with E-state index in [9.17, 15) is 4.79 Å². The Bertz CT molecular complexity index is 868. The van der Waals surface area contributed by atoms with Gasteiger partial charge in [0.1, 0.15) is 5.70 Å². The van der Waals surface area contributed by atoms with Crippen LogP contribution in [0.2, 0.25) is 0 Å². The average Bonchev–Trinajstić information content (AvgIpc) is 3.16. The predicted molar refractivity (Wildman–Crippen MR) is 111 cm³/mol. The van der Waals surface area contributed by atoms with E-state index in [-0.39, 0.29) is 11.9 Å². The molecule has 2 aliphatic rings. The fraction of sp³-hybridized carbons (Fsp3) is 0.238. The van der Waals surface area contributed by atoms with Crippen molar-refractivity contribution in [1.82, 2.24) is 19.6 Å². The Balaban J connectivity index is 0.00000102. The minimum atomic E-state index is -0.126. The molecule has 4 rings (SSSR count). The first-order valence-corrected chi connectivity index (χ1v) is 10.0. The summed E-state index contributed by atoms with van der Waals surface area (Å²) in [6.45, 7) is 4.00. The molecule has 0 fully saturated rings. The molecular weight excluding hydrogens is 356 g/mol. The SMILES string of the molecule is CC.O=C(NC1=CCCC(n2ccnc2)C=C1)C1=Cc2ccccc2SN1. The van der Waals surface area contributed by atoms with Crippen LogP contribution >= 0.6 is 11.9 Å². The van der Waals surface area contributed by atoms with Crippen LogP contribution in [-0.4, -0.2) is 15.5 Å². The molecule has 0 saturated carbocycles. The van der Waals surface area contributed by atoms with Crippen LogP contribution in [0.4, 0.5) is 0 Å². The summed E-state index contributed by atoms with van der Waals surface area (Å²) in [5.74, 6) is -0.126. The van der Waals surface area contributed by atoms with E-state index in [4.69, 9.17) is 0 Å². The van der Waals surface area contributed by atoms with Gasteiger partial charge in [-0.15, -0.1) is 0 Å². The van der Waals surface area contributed by atoms with E-state index in [0.717, 1.165) is 29.0 Å². The molecule has 1 atom stereocenters. The number of nitrogens with zero attached hydrogens (tertiary/aromatic N) is 2. The van der Waals surface area contributed by atoms with Gasteiger partial charge in [-0.05, 0) is 48.6 Å². The molecule has 1 aliphatic carbocycles. The number of aromatic nitrogens is 2. The molecule has 2 aromatic rings. The molecule has 0 radical (unpaired) electrons. The topological polar surface area (TPSA) is 59.0 Å². The second-order valence-corrected chi connectivity index (χ2v) is 6.78. The van der Waals surface area contributed by atoms with Gasteiger partial charge >= 0.3 is 0 Å². The highest BCUT2D eigenvalue weighted by Crippen LogP contribution is 2.28. The number of imidazole rings is 1. The van der Waals surface area contributed by atoms with Crippen molar-refractivity contribution in [2.24, 2.45) is 0 Å². The Hall–Kier alpha value is -2.73. The first-order valence-electron chi connectivity index (χ1n) is 9.20. The number of carbonyl (C=O) groups excluding carboxylic acids is 1. The number of allylic oxidation sites excluding steroid dienone is 3. The molecule has 1 aliphatic heterocycles. The van der Waals surface area contributed by atoms with Crippen molar-refractivity contribution in [3.05, 3.63) is 78.2 Å². The Labute approximate surface area is 164 Å². The molecule has 140 valence electrons. The van der Waals surface area contributed by atoms with Gasteiger partial charge in [0.15, 0.2) is 0 Å². The van der Waals surface area contributed by atoms with Gasteiger partial charge in [0.25, 0.3) is 5.91 Å². The maximum Gasteiger partial charge on any atom is 0.272 e. The van der Waals surface area contributed by atoms with E-state index in [1.807, 2.05) is 62.8 Å². The third-order valence-corrected chi connectivity index (χ3v) is 5.14. The lowest BCUT2D eigenvalue weighted by atomic mass is 10.2. The monoisotopic (exact) mass is 380 g/mol. The fourth-order valence-electron chi connectivity index (χ4n) is 2.89. The van der Waals surface area contributed by atoms with Crippen LogP contribution in [0.15, 0.2) is 77.5 Å². The zero-order valence-corrected chi connectivity index (χ0v) is 16.4. The average molecular weight is 381 g/mol.